The highest BCUT2D eigenvalue weighted by atomic mass is 16.4. The van der Waals surface area contributed by atoms with Crippen LogP contribution in [0.15, 0.2) is 42.7 Å². The zero-order chi connectivity index (χ0) is 11.6. The Bertz CT molecular complexity index is 416. The number of benzene rings is 1. The van der Waals surface area contributed by atoms with Crippen LogP contribution in [-0.4, -0.2) is 29.2 Å². The maximum absolute atomic E-state index is 11.3. The third-order valence-corrected chi connectivity index (χ3v) is 2.75. The summed E-state index contributed by atoms with van der Waals surface area (Å²) in [7, 11) is 1.85. The van der Waals surface area contributed by atoms with Crippen molar-refractivity contribution in [3.05, 3.63) is 48.3 Å². The number of rotatable bonds is 2. The summed E-state index contributed by atoms with van der Waals surface area (Å²) in [4.78, 5) is 13.1. The number of carbonyl (C=O) groups is 1. The van der Waals surface area contributed by atoms with Gasteiger partial charge in [0.05, 0.1) is 6.20 Å². The number of hydrogen-bond acceptors (Lipinski definition) is 3. The van der Waals surface area contributed by atoms with Gasteiger partial charge in [-0.1, -0.05) is 30.3 Å². The first-order chi connectivity index (χ1) is 7.62. The highest BCUT2D eigenvalue weighted by Crippen LogP contribution is 2.21. The molecule has 1 aliphatic rings. The van der Waals surface area contributed by atoms with Gasteiger partial charge >= 0.3 is 0 Å². The van der Waals surface area contributed by atoms with Crippen LogP contribution in [0.1, 0.15) is 5.56 Å². The minimum absolute atomic E-state index is 0.166. The van der Waals surface area contributed by atoms with Crippen molar-refractivity contribution in [2.75, 3.05) is 13.7 Å². The van der Waals surface area contributed by atoms with Crippen LogP contribution >= 0.6 is 0 Å². The molecule has 1 aliphatic heterocycles. The quantitative estimate of drug-likeness (QED) is 0.687. The number of amides is 1. The van der Waals surface area contributed by atoms with Crippen LogP contribution in [0.4, 0.5) is 4.79 Å². The molecule has 0 aromatic heterocycles. The maximum atomic E-state index is 11.3. The molecule has 84 valence electrons. The van der Waals surface area contributed by atoms with E-state index < -0.39 is 6.09 Å². The minimum Gasteiger partial charge on any atom is -0.498 e. The Morgan fingerprint density at radius 2 is 2.12 bits per heavy atom. The number of hydrogen-bond donors (Lipinski definition) is 0. The molecule has 0 saturated heterocycles. The SMILES string of the molecule is CN1C=C[N+](Cc2ccccc2)(C(=O)[O-])C1. The molecule has 1 aromatic rings. The predicted molar refractivity (Wildman–Crippen MR) is 57.6 cm³/mol. The van der Waals surface area contributed by atoms with E-state index in [1.165, 1.54) is 0 Å². The molecule has 1 atom stereocenters. The Labute approximate surface area is 94.6 Å². The van der Waals surface area contributed by atoms with Crippen molar-refractivity contribution >= 4 is 6.09 Å². The second kappa shape index (κ2) is 3.98. The lowest BCUT2D eigenvalue weighted by molar-refractivity contribution is -0.842. The number of nitrogens with zero attached hydrogens (tertiary/aromatic N) is 2. The molecule has 4 nitrogen and oxygen atoms in total. The lowest BCUT2D eigenvalue weighted by Crippen LogP contribution is -2.54. The second-order valence-corrected chi connectivity index (χ2v) is 4.14. The van der Waals surface area contributed by atoms with Gasteiger partial charge in [-0.2, -0.15) is 0 Å². The van der Waals surface area contributed by atoms with Crippen LogP contribution in [0.2, 0.25) is 0 Å². The number of carboxylic acid groups (broad SMARTS) is 1. The van der Waals surface area contributed by atoms with E-state index in [1.54, 1.807) is 12.4 Å². The normalized spacial score (nSPS) is 23.7. The van der Waals surface area contributed by atoms with Gasteiger partial charge in [0.15, 0.2) is 6.67 Å². The van der Waals surface area contributed by atoms with Gasteiger partial charge in [0.25, 0.3) is 6.09 Å². The summed E-state index contributed by atoms with van der Waals surface area (Å²) in [6.45, 7) is 0.835. The van der Waals surface area contributed by atoms with Gasteiger partial charge in [-0.25, -0.2) is 4.48 Å². The van der Waals surface area contributed by atoms with Gasteiger partial charge in [0.2, 0.25) is 0 Å². The van der Waals surface area contributed by atoms with E-state index in [9.17, 15) is 9.90 Å². The summed E-state index contributed by atoms with van der Waals surface area (Å²) in [5, 5.41) is 11.3. The van der Waals surface area contributed by atoms with Crippen LogP contribution in [0.25, 0.3) is 0 Å². The van der Waals surface area contributed by atoms with Crippen LogP contribution in [0, 0.1) is 0 Å². The molecule has 0 radical (unpaired) electrons. The third-order valence-electron chi connectivity index (χ3n) is 2.75. The predicted octanol–water partition coefficient (Wildman–Crippen LogP) is 0.721. The highest BCUT2D eigenvalue weighted by Gasteiger charge is 2.33. The lowest BCUT2D eigenvalue weighted by Gasteiger charge is -2.31. The van der Waals surface area contributed by atoms with E-state index in [-0.39, 0.29) is 4.48 Å². The molecular weight excluding hydrogens is 204 g/mol. The molecule has 1 amide bonds. The van der Waals surface area contributed by atoms with Crippen LogP contribution in [-0.2, 0) is 6.54 Å². The van der Waals surface area contributed by atoms with Gasteiger partial charge in [-0.3, -0.25) is 0 Å². The molecule has 4 heteroatoms. The van der Waals surface area contributed by atoms with Crippen LogP contribution < -0.4 is 5.11 Å². The highest BCUT2D eigenvalue weighted by molar-refractivity contribution is 5.55. The van der Waals surface area contributed by atoms with Gasteiger partial charge in [-0.15, -0.1) is 0 Å². The standard InChI is InChI=1S/C12H14N2O2/c1-13-7-8-14(10-13,12(15)16)9-11-5-3-2-4-6-11/h2-8H,9-10H2,1H3. The molecule has 0 fully saturated rings. The van der Waals surface area contributed by atoms with Gasteiger partial charge < -0.3 is 14.8 Å². The largest absolute Gasteiger partial charge is 0.498 e. The zero-order valence-electron chi connectivity index (χ0n) is 9.17. The topological polar surface area (TPSA) is 43.4 Å². The van der Waals surface area contributed by atoms with Crippen molar-refractivity contribution in [3.63, 3.8) is 0 Å². The molecule has 1 unspecified atom stereocenters. The van der Waals surface area contributed by atoms with Crippen molar-refractivity contribution in [1.29, 1.82) is 0 Å². The van der Waals surface area contributed by atoms with Gasteiger partial charge in [-0.05, 0) is 0 Å². The Hall–Kier alpha value is -1.81. The van der Waals surface area contributed by atoms with E-state index in [2.05, 4.69) is 0 Å². The Morgan fingerprint density at radius 3 is 2.62 bits per heavy atom. The summed E-state index contributed by atoms with van der Waals surface area (Å²) < 4.78 is -0.166. The van der Waals surface area contributed by atoms with Crippen LogP contribution in [0.5, 0.6) is 0 Å². The van der Waals surface area contributed by atoms with Crippen molar-refractivity contribution in [2.45, 2.75) is 6.54 Å². The fourth-order valence-electron chi connectivity index (χ4n) is 1.93. The molecule has 2 rings (SSSR count). The fourth-order valence-corrected chi connectivity index (χ4v) is 1.93. The summed E-state index contributed by atoms with van der Waals surface area (Å²) in [5.74, 6) is 0. The molecule has 16 heavy (non-hydrogen) atoms. The average Bonchev–Trinajstić information content (AvgIpc) is 2.63. The van der Waals surface area contributed by atoms with Crippen molar-refractivity contribution in [1.82, 2.24) is 4.90 Å². The lowest BCUT2D eigenvalue weighted by atomic mass is 10.2. The molecular formula is C12H14N2O2. The smallest absolute Gasteiger partial charge is 0.264 e. The third kappa shape index (κ3) is 1.92. The molecule has 1 aromatic carbocycles. The Morgan fingerprint density at radius 1 is 1.44 bits per heavy atom. The first-order valence-corrected chi connectivity index (χ1v) is 5.14. The van der Waals surface area contributed by atoms with Crippen molar-refractivity contribution in [3.8, 4) is 0 Å². The van der Waals surface area contributed by atoms with E-state index in [0.717, 1.165) is 5.56 Å². The minimum atomic E-state index is -1.07. The summed E-state index contributed by atoms with van der Waals surface area (Å²) >= 11 is 0. The summed E-state index contributed by atoms with van der Waals surface area (Å²) in [5.41, 5.74) is 0.992. The molecule has 0 aliphatic carbocycles. The van der Waals surface area contributed by atoms with E-state index in [4.69, 9.17) is 0 Å². The van der Waals surface area contributed by atoms with Crippen LogP contribution in [0.3, 0.4) is 0 Å². The number of quaternary nitrogens is 1. The monoisotopic (exact) mass is 218 g/mol. The average molecular weight is 218 g/mol. The first-order valence-electron chi connectivity index (χ1n) is 5.14. The first kappa shape index (κ1) is 10.7. The molecule has 0 saturated carbocycles. The summed E-state index contributed by atoms with van der Waals surface area (Å²) in [6.07, 6.45) is 2.38. The molecule has 0 bridgehead atoms. The van der Waals surface area contributed by atoms with Gasteiger partial charge in [0, 0.05) is 12.6 Å². The maximum Gasteiger partial charge on any atom is 0.264 e. The Kier molecular flexibility index (Phi) is 2.66. The van der Waals surface area contributed by atoms with Gasteiger partial charge in [0.1, 0.15) is 12.7 Å². The molecule has 0 N–H and O–H groups in total. The molecule has 1 heterocycles. The second-order valence-electron chi connectivity index (χ2n) is 4.14. The number of carbonyl (C=O) groups excluding carboxylic acids is 1. The van der Waals surface area contributed by atoms with Crippen molar-refractivity contribution < 1.29 is 14.4 Å². The van der Waals surface area contributed by atoms with E-state index >= 15 is 0 Å². The van der Waals surface area contributed by atoms with E-state index in [0.29, 0.717) is 13.2 Å². The summed E-state index contributed by atoms with van der Waals surface area (Å²) in [6, 6.07) is 9.58. The fraction of sp³-hybridized carbons (Fsp3) is 0.250. The van der Waals surface area contributed by atoms with E-state index in [1.807, 2.05) is 42.3 Å². The van der Waals surface area contributed by atoms with Crippen molar-refractivity contribution in [2.24, 2.45) is 0 Å². The Balaban J connectivity index is 2.23. The molecule has 0 spiro atoms. The zero-order valence-corrected chi connectivity index (χ0v) is 9.17.